The van der Waals surface area contributed by atoms with E-state index in [-0.39, 0.29) is 5.91 Å². The Labute approximate surface area is 67.7 Å². The molecule has 0 bridgehead atoms. The highest BCUT2D eigenvalue weighted by molar-refractivity contribution is 6.21. The molecule has 2 heterocycles. The molecule has 3 N–H and O–H groups in total. The van der Waals surface area contributed by atoms with Crippen molar-refractivity contribution >= 4 is 17.8 Å². The first-order chi connectivity index (χ1) is 5.77. The highest BCUT2D eigenvalue weighted by atomic mass is 16.2. The van der Waals surface area contributed by atoms with Crippen LogP contribution in [0.15, 0.2) is 17.4 Å². The summed E-state index contributed by atoms with van der Waals surface area (Å²) in [6.45, 7) is 0. The topological polar surface area (TPSA) is 82.6 Å². The maximum Gasteiger partial charge on any atom is 0.326 e. The standard InChI is InChI=1S/C6H6N4O2/c11-5-3-4(8-2-1-7-3)9-6(12)10-5/h1-3,7H,(H2,8,9,10,11,12). The van der Waals surface area contributed by atoms with Gasteiger partial charge in [-0.25, -0.2) is 9.79 Å². The predicted molar refractivity (Wildman–Crippen MR) is 40.2 cm³/mol. The van der Waals surface area contributed by atoms with Crippen molar-refractivity contribution in [3.63, 3.8) is 0 Å². The second-order valence-electron chi connectivity index (χ2n) is 2.37. The molecule has 1 unspecified atom stereocenters. The summed E-state index contributed by atoms with van der Waals surface area (Å²) in [6.07, 6.45) is 3.02. The number of nitrogens with one attached hydrogen (secondary N) is 3. The van der Waals surface area contributed by atoms with Crippen molar-refractivity contribution in [3.05, 3.63) is 12.4 Å². The fraction of sp³-hybridized carbons (Fsp3) is 0.167. The van der Waals surface area contributed by atoms with E-state index in [1.54, 1.807) is 6.20 Å². The number of hydrogen-bond acceptors (Lipinski definition) is 4. The number of imide groups is 1. The Balaban J connectivity index is 2.30. The molecule has 0 saturated carbocycles. The second-order valence-corrected chi connectivity index (χ2v) is 2.37. The van der Waals surface area contributed by atoms with Gasteiger partial charge in [0.05, 0.1) is 0 Å². The van der Waals surface area contributed by atoms with Crippen molar-refractivity contribution in [2.45, 2.75) is 6.04 Å². The Bertz CT molecular complexity index is 307. The van der Waals surface area contributed by atoms with Crippen molar-refractivity contribution < 1.29 is 9.59 Å². The van der Waals surface area contributed by atoms with Crippen LogP contribution < -0.4 is 16.0 Å². The van der Waals surface area contributed by atoms with Crippen molar-refractivity contribution in [2.24, 2.45) is 4.99 Å². The Kier molecular flexibility index (Phi) is 1.33. The largest absolute Gasteiger partial charge is 0.372 e. The van der Waals surface area contributed by atoms with Crippen LogP contribution in [0.2, 0.25) is 0 Å². The van der Waals surface area contributed by atoms with E-state index in [1.807, 2.05) is 0 Å². The Hall–Kier alpha value is -1.85. The smallest absolute Gasteiger partial charge is 0.326 e. The van der Waals surface area contributed by atoms with Crippen molar-refractivity contribution in [1.29, 1.82) is 0 Å². The van der Waals surface area contributed by atoms with E-state index in [0.717, 1.165) is 0 Å². The second kappa shape index (κ2) is 2.33. The summed E-state index contributed by atoms with van der Waals surface area (Å²) in [4.78, 5) is 25.7. The zero-order valence-electron chi connectivity index (χ0n) is 6.00. The van der Waals surface area contributed by atoms with Crippen molar-refractivity contribution in [3.8, 4) is 0 Å². The highest BCUT2D eigenvalue weighted by Gasteiger charge is 2.32. The molecule has 6 nitrogen and oxygen atoms in total. The molecule has 0 radical (unpaired) electrons. The quantitative estimate of drug-likeness (QED) is 0.417. The molecule has 0 aromatic heterocycles. The maximum absolute atomic E-state index is 11.1. The number of amidine groups is 1. The number of fused-ring (bicyclic) bond motifs is 1. The summed E-state index contributed by atoms with van der Waals surface area (Å²) in [7, 11) is 0. The fourth-order valence-electron chi connectivity index (χ4n) is 1.05. The number of nitrogens with zero attached hydrogens (tertiary/aromatic N) is 1. The van der Waals surface area contributed by atoms with Crippen LogP contribution in [-0.2, 0) is 4.79 Å². The van der Waals surface area contributed by atoms with Crippen LogP contribution in [0, 0.1) is 0 Å². The van der Waals surface area contributed by atoms with Crippen LogP contribution in [0.25, 0.3) is 0 Å². The molecule has 1 fully saturated rings. The molecule has 3 amide bonds. The molecule has 0 aromatic carbocycles. The van der Waals surface area contributed by atoms with E-state index in [9.17, 15) is 9.59 Å². The third-order valence-electron chi connectivity index (χ3n) is 1.57. The first-order valence-corrected chi connectivity index (χ1v) is 3.38. The van der Waals surface area contributed by atoms with Crippen LogP contribution in [0.4, 0.5) is 4.79 Å². The zero-order valence-corrected chi connectivity index (χ0v) is 6.00. The average molecular weight is 166 g/mol. The van der Waals surface area contributed by atoms with Gasteiger partial charge in [-0.3, -0.25) is 15.4 Å². The van der Waals surface area contributed by atoms with E-state index in [0.29, 0.717) is 5.84 Å². The van der Waals surface area contributed by atoms with E-state index in [4.69, 9.17) is 0 Å². The molecule has 12 heavy (non-hydrogen) atoms. The van der Waals surface area contributed by atoms with E-state index >= 15 is 0 Å². The van der Waals surface area contributed by atoms with Gasteiger partial charge in [0.2, 0.25) is 0 Å². The van der Waals surface area contributed by atoms with Gasteiger partial charge in [0.1, 0.15) is 5.84 Å². The SMILES string of the molecule is O=C1NC(=O)C2NC=CN=C2N1. The van der Waals surface area contributed by atoms with Crippen molar-refractivity contribution in [2.75, 3.05) is 0 Å². The first-order valence-electron chi connectivity index (χ1n) is 3.38. The number of carbonyl (C=O) groups excluding carboxylic acids is 2. The molecule has 0 aromatic rings. The number of hydrogen-bond donors (Lipinski definition) is 3. The van der Waals surface area contributed by atoms with Gasteiger partial charge < -0.3 is 5.32 Å². The van der Waals surface area contributed by atoms with Crippen LogP contribution in [0.3, 0.4) is 0 Å². The van der Waals surface area contributed by atoms with Crippen LogP contribution in [0.5, 0.6) is 0 Å². The van der Waals surface area contributed by atoms with Gasteiger partial charge in [-0.2, -0.15) is 0 Å². The molecule has 0 aliphatic carbocycles. The van der Waals surface area contributed by atoms with E-state index in [1.165, 1.54) is 6.20 Å². The van der Waals surface area contributed by atoms with Gasteiger partial charge in [0.15, 0.2) is 6.04 Å². The Morgan fingerprint density at radius 1 is 1.33 bits per heavy atom. The van der Waals surface area contributed by atoms with Gasteiger partial charge >= 0.3 is 6.03 Å². The fourth-order valence-corrected chi connectivity index (χ4v) is 1.05. The summed E-state index contributed by atoms with van der Waals surface area (Å²) in [5.74, 6) is -0.0481. The number of urea groups is 1. The summed E-state index contributed by atoms with van der Waals surface area (Å²) >= 11 is 0. The van der Waals surface area contributed by atoms with Gasteiger partial charge in [-0.15, -0.1) is 0 Å². The lowest BCUT2D eigenvalue weighted by Gasteiger charge is -2.25. The summed E-state index contributed by atoms with van der Waals surface area (Å²) in [5, 5.41) is 7.28. The van der Waals surface area contributed by atoms with Crippen LogP contribution in [0.1, 0.15) is 0 Å². The third-order valence-corrected chi connectivity index (χ3v) is 1.57. The number of rotatable bonds is 0. The van der Waals surface area contributed by atoms with Crippen molar-refractivity contribution in [1.82, 2.24) is 16.0 Å². The van der Waals surface area contributed by atoms with E-state index in [2.05, 4.69) is 20.9 Å². The maximum atomic E-state index is 11.1. The lowest BCUT2D eigenvalue weighted by Crippen LogP contribution is -2.63. The average Bonchev–Trinajstić information content (AvgIpc) is 2.04. The summed E-state index contributed by atoms with van der Waals surface area (Å²) in [5.41, 5.74) is 0. The van der Waals surface area contributed by atoms with Crippen LogP contribution in [-0.4, -0.2) is 23.8 Å². The Morgan fingerprint density at radius 2 is 2.17 bits per heavy atom. The Morgan fingerprint density at radius 3 is 3.00 bits per heavy atom. The summed E-state index contributed by atoms with van der Waals surface area (Å²) < 4.78 is 0. The summed E-state index contributed by atoms with van der Waals surface area (Å²) in [6, 6.07) is -1.10. The number of carbonyl (C=O) groups is 2. The third kappa shape index (κ3) is 0.931. The molecule has 0 spiro atoms. The lowest BCUT2D eigenvalue weighted by atomic mass is 10.2. The van der Waals surface area contributed by atoms with Crippen LogP contribution >= 0.6 is 0 Å². The van der Waals surface area contributed by atoms with Gasteiger partial charge in [0.25, 0.3) is 5.91 Å². The first kappa shape index (κ1) is 6.84. The molecule has 6 heteroatoms. The normalized spacial score (nSPS) is 26.3. The molecule has 1 atom stereocenters. The van der Waals surface area contributed by atoms with Gasteiger partial charge in [-0.1, -0.05) is 0 Å². The monoisotopic (exact) mass is 166 g/mol. The minimum atomic E-state index is -0.562. The molecular formula is C6H6N4O2. The molecule has 62 valence electrons. The molecule has 2 aliphatic rings. The lowest BCUT2D eigenvalue weighted by molar-refractivity contribution is -0.120. The molecular weight excluding hydrogens is 160 g/mol. The molecule has 2 aliphatic heterocycles. The number of amides is 3. The van der Waals surface area contributed by atoms with Gasteiger partial charge in [0, 0.05) is 12.4 Å². The predicted octanol–water partition coefficient (Wildman–Crippen LogP) is -1.33. The zero-order chi connectivity index (χ0) is 8.55. The van der Waals surface area contributed by atoms with E-state index < -0.39 is 12.1 Å². The van der Waals surface area contributed by atoms with Gasteiger partial charge in [-0.05, 0) is 0 Å². The molecule has 2 rings (SSSR count). The molecule has 1 saturated heterocycles. The minimum Gasteiger partial charge on any atom is -0.372 e. The number of aliphatic imine (C=N–C) groups is 1. The minimum absolute atomic E-state index is 0.339. The highest BCUT2D eigenvalue weighted by Crippen LogP contribution is 1.98.